The maximum atomic E-state index is 14.1. The maximum Gasteiger partial charge on any atom is 0.338 e. The number of nitrogens with one attached hydrogen (secondary N) is 4. The van der Waals surface area contributed by atoms with Gasteiger partial charge < -0.3 is 34.0 Å². The predicted molar refractivity (Wildman–Crippen MR) is 270 cm³/mol. The third-order valence-electron chi connectivity index (χ3n) is 12.5. The number of hydrazine groups is 1. The normalized spacial score (nSPS) is 17.0. The predicted octanol–water partition coefficient (Wildman–Crippen LogP) is 6.77. The van der Waals surface area contributed by atoms with E-state index in [1.54, 1.807) is 18.2 Å². The second kappa shape index (κ2) is 23.7. The average Bonchev–Trinajstić information content (AvgIpc) is 4.36. The zero-order chi connectivity index (χ0) is 53.3. The molecule has 0 spiro atoms. The summed E-state index contributed by atoms with van der Waals surface area (Å²) in [5, 5.41) is 18.3. The first-order chi connectivity index (χ1) is 36.1. The summed E-state index contributed by atoms with van der Waals surface area (Å²) in [6.07, 6.45) is -3.36. The maximum absolute atomic E-state index is 14.1. The lowest BCUT2D eigenvalue weighted by Gasteiger charge is -2.18. The molecule has 4 amide bonds. The standard InChI is InChI=1S/C28H24FN3O6.C27H26ClN3O6/c1-15(19-9-5-7-16-6-3-4-8-20(16)19)30-26(34)21-12-11-18(29)14-17(21)10-13-22-31-32-27(37-22)23(33)24-25(38-24)28(35)36-2;1-15(19-9-5-7-16-6-3-4-8-20(16)19)29-25(33)21-14-18(28)12-10-17(21)11-13-22(32)30-31-26(34)23-24(37-23)27(35)36-2/h3-9,11-12,14-15,24-25H,10,13H2,1-2H3,(H,30,34);3-10,12,14-15,23-24H,11,13H2,1-2H3,(H,29,33)(H,30,32)(H,31,34). The summed E-state index contributed by atoms with van der Waals surface area (Å²) in [5.74, 6) is -4.38. The van der Waals surface area contributed by atoms with Gasteiger partial charge in [-0.25, -0.2) is 14.0 Å². The van der Waals surface area contributed by atoms with Gasteiger partial charge in [0.1, 0.15) is 5.82 Å². The van der Waals surface area contributed by atoms with E-state index in [1.807, 2.05) is 98.8 Å². The van der Waals surface area contributed by atoms with Crippen LogP contribution in [0.2, 0.25) is 5.02 Å². The third kappa shape index (κ3) is 12.9. The van der Waals surface area contributed by atoms with Gasteiger partial charge in [0, 0.05) is 29.0 Å². The van der Waals surface area contributed by atoms with Gasteiger partial charge in [0.25, 0.3) is 29.4 Å². The summed E-state index contributed by atoms with van der Waals surface area (Å²) in [6, 6.07) is 36.1. The van der Waals surface area contributed by atoms with E-state index in [2.05, 4.69) is 41.2 Å². The molecule has 20 heteroatoms. The van der Waals surface area contributed by atoms with Crippen LogP contribution in [-0.2, 0) is 57.4 Å². The van der Waals surface area contributed by atoms with E-state index in [-0.39, 0.29) is 61.4 Å². The number of fused-ring (bicyclic) bond motifs is 2. The number of benzene rings is 6. The van der Waals surface area contributed by atoms with E-state index in [0.29, 0.717) is 27.3 Å². The molecule has 9 rings (SSSR count). The van der Waals surface area contributed by atoms with Gasteiger partial charge in [-0.15, -0.1) is 10.2 Å². The number of nitrogens with zero attached hydrogens (tertiary/aromatic N) is 2. The molecule has 7 aromatic rings. The molecule has 2 saturated heterocycles. The summed E-state index contributed by atoms with van der Waals surface area (Å²) in [6.45, 7) is 3.81. The van der Waals surface area contributed by atoms with Gasteiger partial charge in [0.2, 0.25) is 11.8 Å². The Morgan fingerprint density at radius 3 is 1.81 bits per heavy atom. The minimum atomic E-state index is -1.02. The summed E-state index contributed by atoms with van der Waals surface area (Å²) >= 11 is 6.17. The molecule has 2 aliphatic rings. The number of hydrogen-bond donors (Lipinski definition) is 4. The fourth-order valence-corrected chi connectivity index (χ4v) is 8.65. The fourth-order valence-electron chi connectivity index (χ4n) is 8.47. The van der Waals surface area contributed by atoms with Gasteiger partial charge in [-0.3, -0.25) is 34.8 Å². The van der Waals surface area contributed by atoms with Crippen molar-refractivity contribution in [1.82, 2.24) is 31.7 Å². The largest absolute Gasteiger partial charge is 0.467 e. The monoisotopic (exact) mass is 1040 g/mol. The number of aromatic nitrogens is 2. The second-order valence-corrected chi connectivity index (χ2v) is 18.0. The van der Waals surface area contributed by atoms with Crippen molar-refractivity contribution in [3.8, 4) is 0 Å². The third-order valence-corrected chi connectivity index (χ3v) is 12.7. The van der Waals surface area contributed by atoms with Gasteiger partial charge in [0.15, 0.2) is 24.4 Å². The van der Waals surface area contributed by atoms with Crippen LogP contribution in [0.25, 0.3) is 21.5 Å². The Labute approximate surface area is 433 Å². The van der Waals surface area contributed by atoms with Crippen molar-refractivity contribution in [3.05, 3.63) is 177 Å². The summed E-state index contributed by atoms with van der Waals surface area (Å²) < 4.78 is 38.5. The average molecular weight is 1040 g/mol. The molecule has 4 N–H and O–H groups in total. The molecule has 18 nitrogen and oxygen atoms in total. The molecule has 3 heterocycles. The quantitative estimate of drug-likeness (QED) is 0.0318. The molecule has 75 heavy (non-hydrogen) atoms. The van der Waals surface area contributed by atoms with Gasteiger partial charge in [0.05, 0.1) is 26.3 Å². The lowest BCUT2D eigenvalue weighted by Crippen LogP contribution is -2.44. The number of carbonyl (C=O) groups excluding carboxylic acids is 7. The topological polar surface area (TPSA) is 250 Å². The number of ether oxygens (including phenoxy) is 4. The van der Waals surface area contributed by atoms with E-state index < -0.39 is 59.8 Å². The Hall–Kier alpha value is -8.39. The van der Waals surface area contributed by atoms with Gasteiger partial charge in [-0.1, -0.05) is 103 Å². The van der Waals surface area contributed by atoms with Crippen LogP contribution in [0.1, 0.15) is 91.9 Å². The lowest BCUT2D eigenvalue weighted by molar-refractivity contribution is -0.142. The number of hydrogen-bond acceptors (Lipinski definition) is 14. The van der Waals surface area contributed by atoms with Crippen LogP contribution >= 0.6 is 11.6 Å². The molecule has 0 radical (unpaired) electrons. The highest BCUT2D eigenvalue weighted by molar-refractivity contribution is 6.31. The van der Waals surface area contributed by atoms with Crippen LogP contribution in [0, 0.1) is 5.82 Å². The first kappa shape index (κ1) is 52.9. The highest BCUT2D eigenvalue weighted by atomic mass is 35.5. The van der Waals surface area contributed by atoms with Crippen molar-refractivity contribution in [2.75, 3.05) is 14.2 Å². The minimum Gasteiger partial charge on any atom is -0.467 e. The Morgan fingerprint density at radius 2 is 1.19 bits per heavy atom. The van der Waals surface area contributed by atoms with Crippen molar-refractivity contribution in [3.63, 3.8) is 0 Å². The Bertz CT molecular complexity index is 3320. The van der Waals surface area contributed by atoms with Gasteiger partial charge >= 0.3 is 11.9 Å². The number of methoxy groups -OCH3 is 2. The molecule has 1 aromatic heterocycles. The van der Waals surface area contributed by atoms with Gasteiger partial charge in [-0.2, -0.15) is 0 Å². The van der Waals surface area contributed by atoms with Crippen LogP contribution in [0.3, 0.4) is 0 Å². The first-order valence-corrected chi connectivity index (χ1v) is 24.1. The van der Waals surface area contributed by atoms with E-state index in [1.165, 1.54) is 32.4 Å². The van der Waals surface area contributed by atoms with Crippen molar-refractivity contribution in [1.29, 1.82) is 0 Å². The number of rotatable bonds is 17. The van der Waals surface area contributed by atoms with Crippen LogP contribution in [0.5, 0.6) is 0 Å². The fraction of sp³-hybridized carbons (Fsp3) is 0.255. The van der Waals surface area contributed by atoms with Crippen molar-refractivity contribution in [2.24, 2.45) is 0 Å². The molecule has 6 atom stereocenters. The van der Waals surface area contributed by atoms with Gasteiger partial charge in [-0.05, 0) is 101 Å². The van der Waals surface area contributed by atoms with Crippen molar-refractivity contribution < 1.29 is 61.3 Å². The number of ketones is 1. The molecule has 2 fully saturated rings. The molecular weight excluding hydrogens is 991 g/mol. The van der Waals surface area contributed by atoms with Crippen molar-refractivity contribution >= 4 is 74.5 Å². The van der Waals surface area contributed by atoms with Crippen molar-refractivity contribution in [2.45, 2.75) is 76.0 Å². The highest BCUT2D eigenvalue weighted by Gasteiger charge is 2.53. The first-order valence-electron chi connectivity index (χ1n) is 23.7. The molecule has 2 aliphatic heterocycles. The molecule has 0 aliphatic carbocycles. The Kier molecular flexibility index (Phi) is 16.7. The molecule has 386 valence electrons. The number of epoxide rings is 2. The molecule has 6 unspecified atom stereocenters. The SMILES string of the molecule is COC(=O)C1OC1C(=O)NNC(=O)CCc1ccc(Cl)cc1C(=O)NC(C)c1cccc2ccccc12.COC(=O)C1OC1C(=O)c1nnc(CCc2cc(F)ccc2C(=O)NC(C)c2cccc3ccccc23)o1. The smallest absolute Gasteiger partial charge is 0.338 e. The zero-order valence-corrected chi connectivity index (χ0v) is 41.6. The second-order valence-electron chi connectivity index (χ2n) is 17.5. The number of amides is 4. The van der Waals surface area contributed by atoms with E-state index in [0.717, 1.165) is 32.7 Å². The minimum absolute atomic E-state index is 0.00692. The molecule has 6 aromatic carbocycles. The van der Waals surface area contributed by atoms with Crippen LogP contribution in [0.15, 0.2) is 126 Å². The van der Waals surface area contributed by atoms with Crippen LogP contribution in [0.4, 0.5) is 4.39 Å². The van der Waals surface area contributed by atoms with Crippen LogP contribution < -0.4 is 21.5 Å². The number of Topliss-reactive ketones (excluding diaryl/α,β-unsaturated/α-hetero) is 1. The Morgan fingerprint density at radius 1 is 0.613 bits per heavy atom. The molecular formula is C55H50ClFN6O12. The zero-order valence-electron chi connectivity index (χ0n) is 40.9. The Balaban J connectivity index is 0.000000199. The summed E-state index contributed by atoms with van der Waals surface area (Å²) in [4.78, 5) is 85.9. The number of esters is 2. The summed E-state index contributed by atoms with van der Waals surface area (Å²) in [5.41, 5.74) is 8.23. The number of halogens is 2. The highest BCUT2D eigenvalue weighted by Crippen LogP contribution is 2.29. The lowest BCUT2D eigenvalue weighted by atomic mass is 9.98. The van der Waals surface area contributed by atoms with E-state index in [4.69, 9.17) is 25.5 Å². The molecule has 0 bridgehead atoms. The number of aryl methyl sites for hydroxylation is 3. The molecule has 0 saturated carbocycles. The van der Waals surface area contributed by atoms with Crippen LogP contribution in [-0.4, -0.2) is 90.2 Å². The van der Waals surface area contributed by atoms with E-state index in [9.17, 15) is 38.0 Å². The van der Waals surface area contributed by atoms with E-state index >= 15 is 0 Å². The number of carbonyl (C=O) groups is 7. The summed E-state index contributed by atoms with van der Waals surface area (Å²) in [7, 11) is 2.39.